The molecule has 20 heavy (non-hydrogen) atoms. The third-order valence-corrected chi connectivity index (χ3v) is 3.37. The SMILES string of the molecule is CC(C)(C)NC[CH]COc1nsnc1N1CCOCC1. The first-order chi connectivity index (χ1) is 9.56. The standard InChI is InChI=1S/C13H23N4O2S/c1-13(2,3)14-5-4-8-19-12-11(15-20-16-12)17-6-9-18-10-7-17/h4,14H,5-10H2,1-3H3. The molecule has 7 heteroatoms. The lowest BCUT2D eigenvalue weighted by atomic mass is 10.1. The molecule has 0 aromatic carbocycles. The molecule has 1 radical (unpaired) electrons. The number of rotatable bonds is 6. The zero-order chi connectivity index (χ0) is 14.4. The topological polar surface area (TPSA) is 59.5 Å². The number of nitrogens with zero attached hydrogens (tertiary/aromatic N) is 3. The molecule has 0 aliphatic carbocycles. The molecule has 1 aromatic heterocycles. The summed E-state index contributed by atoms with van der Waals surface area (Å²) in [6, 6.07) is 0. The average Bonchev–Trinajstić information content (AvgIpc) is 2.86. The molecule has 2 heterocycles. The highest BCUT2D eigenvalue weighted by atomic mass is 32.1. The summed E-state index contributed by atoms with van der Waals surface area (Å²) in [6.45, 7) is 10.9. The van der Waals surface area contributed by atoms with Crippen molar-refractivity contribution in [3.63, 3.8) is 0 Å². The molecule has 1 aromatic rings. The van der Waals surface area contributed by atoms with E-state index in [9.17, 15) is 0 Å². The maximum atomic E-state index is 5.70. The molecule has 113 valence electrons. The van der Waals surface area contributed by atoms with Crippen LogP contribution in [0.1, 0.15) is 20.8 Å². The van der Waals surface area contributed by atoms with E-state index in [2.05, 4.69) is 46.2 Å². The Hall–Kier alpha value is -0.920. The summed E-state index contributed by atoms with van der Waals surface area (Å²) in [7, 11) is 0. The highest BCUT2D eigenvalue weighted by Crippen LogP contribution is 2.26. The van der Waals surface area contributed by atoms with Gasteiger partial charge in [-0.15, -0.1) is 4.37 Å². The molecule has 1 aliphatic heterocycles. The smallest absolute Gasteiger partial charge is 0.270 e. The van der Waals surface area contributed by atoms with Gasteiger partial charge in [0.05, 0.1) is 31.5 Å². The summed E-state index contributed by atoms with van der Waals surface area (Å²) in [5.41, 5.74) is 0.123. The Morgan fingerprint density at radius 1 is 1.35 bits per heavy atom. The van der Waals surface area contributed by atoms with Gasteiger partial charge >= 0.3 is 0 Å². The van der Waals surface area contributed by atoms with E-state index in [1.54, 1.807) is 0 Å². The van der Waals surface area contributed by atoms with Gasteiger partial charge in [0, 0.05) is 31.6 Å². The van der Waals surface area contributed by atoms with E-state index in [1.807, 2.05) is 0 Å². The van der Waals surface area contributed by atoms with Crippen LogP contribution in [0.15, 0.2) is 0 Å². The molecule has 2 rings (SSSR count). The van der Waals surface area contributed by atoms with Crippen molar-refractivity contribution in [2.45, 2.75) is 26.3 Å². The summed E-state index contributed by atoms with van der Waals surface area (Å²) in [4.78, 5) is 2.16. The Kier molecular flexibility index (Phi) is 5.56. The molecular weight excluding hydrogens is 276 g/mol. The fraction of sp³-hybridized carbons (Fsp3) is 0.769. The largest absolute Gasteiger partial charge is 0.474 e. The Morgan fingerprint density at radius 2 is 2.10 bits per heavy atom. The van der Waals surface area contributed by atoms with Crippen LogP contribution in [-0.2, 0) is 4.74 Å². The minimum Gasteiger partial charge on any atom is -0.474 e. The van der Waals surface area contributed by atoms with Crippen molar-refractivity contribution in [1.29, 1.82) is 0 Å². The number of morpholine rings is 1. The molecule has 1 aliphatic rings. The lowest BCUT2D eigenvalue weighted by Crippen LogP contribution is -2.37. The van der Waals surface area contributed by atoms with Gasteiger partial charge in [0.2, 0.25) is 5.82 Å². The van der Waals surface area contributed by atoms with Gasteiger partial charge in [-0.1, -0.05) is 0 Å². The van der Waals surface area contributed by atoms with Crippen LogP contribution in [-0.4, -0.2) is 53.7 Å². The minimum absolute atomic E-state index is 0.123. The zero-order valence-corrected chi connectivity index (χ0v) is 13.2. The van der Waals surface area contributed by atoms with E-state index in [0.717, 1.165) is 38.7 Å². The second-order valence-corrected chi connectivity index (χ2v) is 6.25. The fourth-order valence-corrected chi connectivity index (χ4v) is 2.33. The third-order valence-electron chi connectivity index (χ3n) is 2.87. The van der Waals surface area contributed by atoms with E-state index in [4.69, 9.17) is 9.47 Å². The van der Waals surface area contributed by atoms with E-state index >= 15 is 0 Å². The van der Waals surface area contributed by atoms with Crippen molar-refractivity contribution in [3.05, 3.63) is 6.42 Å². The maximum Gasteiger partial charge on any atom is 0.270 e. The van der Waals surface area contributed by atoms with Crippen molar-refractivity contribution in [3.8, 4) is 5.88 Å². The molecule has 1 N–H and O–H groups in total. The number of hydrogen-bond donors (Lipinski definition) is 1. The first kappa shape index (κ1) is 15.5. The predicted octanol–water partition coefficient (Wildman–Crippen LogP) is 1.35. The highest BCUT2D eigenvalue weighted by Gasteiger charge is 2.19. The van der Waals surface area contributed by atoms with Crippen LogP contribution in [0.2, 0.25) is 0 Å². The molecule has 0 bridgehead atoms. The Balaban J connectivity index is 1.74. The molecule has 1 saturated heterocycles. The van der Waals surface area contributed by atoms with Gasteiger partial charge in [0.15, 0.2) is 0 Å². The van der Waals surface area contributed by atoms with E-state index in [1.165, 1.54) is 11.7 Å². The number of hydrogen-bond acceptors (Lipinski definition) is 7. The Morgan fingerprint density at radius 3 is 2.80 bits per heavy atom. The van der Waals surface area contributed by atoms with E-state index in [0.29, 0.717) is 12.5 Å². The summed E-state index contributed by atoms with van der Waals surface area (Å²) in [5, 5.41) is 3.38. The molecule has 0 atom stereocenters. The average molecular weight is 299 g/mol. The summed E-state index contributed by atoms with van der Waals surface area (Å²) in [5.74, 6) is 1.47. The van der Waals surface area contributed by atoms with Crippen LogP contribution < -0.4 is 15.0 Å². The van der Waals surface area contributed by atoms with Gasteiger partial charge in [-0.25, -0.2) is 0 Å². The summed E-state index contributed by atoms with van der Waals surface area (Å²) < 4.78 is 19.6. The normalized spacial score (nSPS) is 16.4. The molecule has 0 amide bonds. The van der Waals surface area contributed by atoms with Crippen molar-refractivity contribution < 1.29 is 9.47 Å². The number of ether oxygens (including phenoxy) is 2. The van der Waals surface area contributed by atoms with E-state index < -0.39 is 0 Å². The molecule has 0 saturated carbocycles. The molecule has 6 nitrogen and oxygen atoms in total. The van der Waals surface area contributed by atoms with E-state index in [-0.39, 0.29) is 5.54 Å². The maximum absolute atomic E-state index is 5.70. The quantitative estimate of drug-likeness (QED) is 0.800. The lowest BCUT2D eigenvalue weighted by Gasteiger charge is -2.26. The first-order valence-electron chi connectivity index (χ1n) is 6.91. The molecule has 0 unspecified atom stereocenters. The first-order valence-corrected chi connectivity index (χ1v) is 7.64. The minimum atomic E-state index is 0.123. The van der Waals surface area contributed by atoms with Gasteiger partial charge < -0.3 is 19.7 Å². The van der Waals surface area contributed by atoms with Crippen molar-refractivity contribution in [2.24, 2.45) is 0 Å². The van der Waals surface area contributed by atoms with Crippen molar-refractivity contribution in [1.82, 2.24) is 14.1 Å². The van der Waals surface area contributed by atoms with Crippen LogP contribution in [0.3, 0.4) is 0 Å². The molecular formula is C13H23N4O2S. The van der Waals surface area contributed by atoms with Crippen molar-refractivity contribution in [2.75, 3.05) is 44.4 Å². The molecule has 1 fully saturated rings. The fourth-order valence-electron chi connectivity index (χ4n) is 1.81. The van der Waals surface area contributed by atoms with Crippen LogP contribution >= 0.6 is 11.7 Å². The van der Waals surface area contributed by atoms with Gasteiger partial charge in [0.1, 0.15) is 0 Å². The number of anilines is 1. The van der Waals surface area contributed by atoms with Crippen LogP contribution in [0, 0.1) is 6.42 Å². The van der Waals surface area contributed by atoms with Crippen LogP contribution in [0.4, 0.5) is 5.82 Å². The predicted molar refractivity (Wildman–Crippen MR) is 80.5 cm³/mol. The number of aromatic nitrogens is 2. The Bertz CT molecular complexity index is 399. The number of nitrogens with one attached hydrogen (secondary N) is 1. The second kappa shape index (κ2) is 7.19. The highest BCUT2D eigenvalue weighted by molar-refractivity contribution is 6.99. The summed E-state index contributed by atoms with van der Waals surface area (Å²) in [6.07, 6.45) is 2.06. The van der Waals surface area contributed by atoms with Gasteiger partial charge in [-0.3, -0.25) is 0 Å². The Labute approximate surface area is 124 Å². The molecule has 0 spiro atoms. The summed E-state index contributed by atoms with van der Waals surface area (Å²) >= 11 is 1.19. The van der Waals surface area contributed by atoms with Gasteiger partial charge in [0.25, 0.3) is 5.88 Å². The monoisotopic (exact) mass is 299 g/mol. The van der Waals surface area contributed by atoms with Gasteiger partial charge in [-0.2, -0.15) is 4.37 Å². The second-order valence-electron chi connectivity index (χ2n) is 5.72. The van der Waals surface area contributed by atoms with Gasteiger partial charge in [-0.05, 0) is 20.8 Å². The lowest BCUT2D eigenvalue weighted by molar-refractivity contribution is 0.122. The zero-order valence-electron chi connectivity index (χ0n) is 12.4. The van der Waals surface area contributed by atoms with Crippen LogP contribution in [0.5, 0.6) is 5.88 Å². The third kappa shape index (κ3) is 4.88. The van der Waals surface area contributed by atoms with Crippen LogP contribution in [0.25, 0.3) is 0 Å². The van der Waals surface area contributed by atoms with Crippen molar-refractivity contribution >= 4 is 17.5 Å².